The van der Waals surface area contributed by atoms with E-state index in [1.165, 1.54) is 4.90 Å². The Morgan fingerprint density at radius 3 is 2.85 bits per heavy atom. The second-order valence-electron chi connectivity index (χ2n) is 4.16. The van der Waals surface area contributed by atoms with Crippen LogP contribution in [0.3, 0.4) is 0 Å². The van der Waals surface area contributed by atoms with Crippen LogP contribution in [0.15, 0.2) is 18.5 Å². The van der Waals surface area contributed by atoms with Gasteiger partial charge < -0.3 is 9.45 Å². The summed E-state index contributed by atoms with van der Waals surface area (Å²) in [4.78, 5) is 13.2. The van der Waals surface area contributed by atoms with Gasteiger partial charge in [0, 0.05) is 18.3 Å². The van der Waals surface area contributed by atoms with Crippen molar-refractivity contribution in [3.05, 3.63) is 24.0 Å². The van der Waals surface area contributed by atoms with Gasteiger partial charge in [0.15, 0.2) is 0 Å². The molecule has 9 nitrogen and oxygen atoms in total. The summed E-state index contributed by atoms with van der Waals surface area (Å²) in [5.41, 5.74) is 1.41. The minimum absolute atomic E-state index is 0. The Hall–Kier alpha value is -0.910. The van der Waals surface area contributed by atoms with Crippen LogP contribution in [-0.4, -0.2) is 58.3 Å². The number of rotatable bonds is 3. The van der Waals surface area contributed by atoms with Crippen molar-refractivity contribution < 1.29 is 51.6 Å². The predicted octanol–water partition coefficient (Wildman–Crippen LogP) is -3.69. The van der Waals surface area contributed by atoms with E-state index >= 15 is 0 Å². The topological polar surface area (TPSA) is 119 Å². The second kappa shape index (κ2) is 5.47. The summed E-state index contributed by atoms with van der Waals surface area (Å²) in [6, 6.07) is -1.28. The van der Waals surface area contributed by atoms with Crippen molar-refractivity contribution in [1.29, 1.82) is 0 Å². The first-order chi connectivity index (χ1) is 8.96. The Balaban J connectivity index is 0.00000147. The molecule has 1 aromatic heterocycles. The number of urea groups is 1. The molecule has 11 heteroatoms. The normalized spacial score (nSPS) is 21.8. The number of fused-ring (bicyclic) bond motifs is 2. The third-order valence-corrected chi connectivity index (χ3v) is 3.37. The van der Waals surface area contributed by atoms with Gasteiger partial charge in [-0.3, -0.25) is 5.10 Å². The molecule has 2 bridgehead atoms. The molecule has 2 aliphatic rings. The van der Waals surface area contributed by atoms with Crippen LogP contribution in [0.25, 0.3) is 5.57 Å². The fourth-order valence-electron chi connectivity index (χ4n) is 2.26. The first-order valence-corrected chi connectivity index (χ1v) is 6.72. The van der Waals surface area contributed by atoms with Crippen LogP contribution in [0.2, 0.25) is 0 Å². The van der Waals surface area contributed by atoms with Crippen LogP contribution in [-0.2, 0) is 14.7 Å². The molecule has 0 aliphatic carbocycles. The van der Waals surface area contributed by atoms with Crippen molar-refractivity contribution in [1.82, 2.24) is 20.2 Å². The van der Waals surface area contributed by atoms with Crippen molar-refractivity contribution in [3.8, 4) is 0 Å². The molecule has 20 heavy (non-hydrogen) atoms. The summed E-state index contributed by atoms with van der Waals surface area (Å²) in [6.45, 7) is 0.597. The Kier molecular flexibility index (Phi) is 4.23. The van der Waals surface area contributed by atoms with E-state index in [9.17, 15) is 17.8 Å². The van der Waals surface area contributed by atoms with Gasteiger partial charge in [0.25, 0.3) is 0 Å². The van der Waals surface area contributed by atoms with Gasteiger partial charge in [-0.25, -0.2) is 13.2 Å². The Morgan fingerprint density at radius 2 is 2.25 bits per heavy atom. The third kappa shape index (κ3) is 2.75. The molecule has 1 atom stereocenters. The van der Waals surface area contributed by atoms with Crippen LogP contribution >= 0.6 is 0 Å². The maximum absolute atomic E-state index is 11.8. The summed E-state index contributed by atoms with van der Waals surface area (Å²) in [6.07, 6.45) is 4.94. The Bertz CT molecular complexity index is 643. The molecular formula is C9H9N4NaO5S. The van der Waals surface area contributed by atoms with Gasteiger partial charge in [-0.1, -0.05) is 6.08 Å². The van der Waals surface area contributed by atoms with Gasteiger partial charge in [-0.15, -0.1) is 0 Å². The molecule has 1 saturated heterocycles. The molecule has 2 amide bonds. The summed E-state index contributed by atoms with van der Waals surface area (Å²) in [5, 5.41) is 7.03. The third-order valence-electron chi connectivity index (χ3n) is 3.03. The monoisotopic (exact) mass is 308 g/mol. The number of aromatic amines is 1. The van der Waals surface area contributed by atoms with Crippen LogP contribution in [0.5, 0.6) is 0 Å². The van der Waals surface area contributed by atoms with E-state index in [2.05, 4.69) is 14.5 Å². The zero-order chi connectivity index (χ0) is 13.6. The summed E-state index contributed by atoms with van der Waals surface area (Å²) >= 11 is 0. The first kappa shape index (κ1) is 15.5. The number of nitrogens with one attached hydrogen (secondary N) is 1. The van der Waals surface area contributed by atoms with E-state index in [0.29, 0.717) is 17.2 Å². The SMILES string of the molecule is O=C1N2CC=C(c3cn[nH]c3)C(C2)N1OS(=O)(=O)[O-].[Na+]. The van der Waals surface area contributed by atoms with Gasteiger partial charge in [-0.05, 0) is 5.57 Å². The molecule has 1 fully saturated rings. The number of aromatic nitrogens is 2. The number of hydrogen-bond donors (Lipinski definition) is 1. The Morgan fingerprint density at radius 1 is 1.50 bits per heavy atom. The van der Waals surface area contributed by atoms with Gasteiger partial charge in [0.2, 0.25) is 10.4 Å². The molecular weight excluding hydrogens is 299 g/mol. The van der Waals surface area contributed by atoms with Gasteiger partial charge >= 0.3 is 35.6 Å². The van der Waals surface area contributed by atoms with Crippen molar-refractivity contribution in [3.63, 3.8) is 0 Å². The second-order valence-corrected chi connectivity index (χ2v) is 5.12. The summed E-state index contributed by atoms with van der Waals surface area (Å²) < 4.78 is 36.3. The number of nitrogens with zero attached hydrogens (tertiary/aromatic N) is 3. The molecule has 3 heterocycles. The van der Waals surface area contributed by atoms with Crippen LogP contribution in [0.4, 0.5) is 4.79 Å². The molecule has 3 rings (SSSR count). The van der Waals surface area contributed by atoms with E-state index in [0.717, 1.165) is 5.56 Å². The van der Waals surface area contributed by atoms with E-state index in [1.807, 2.05) is 0 Å². The van der Waals surface area contributed by atoms with Crippen molar-refractivity contribution in [2.75, 3.05) is 13.1 Å². The van der Waals surface area contributed by atoms with E-state index in [4.69, 9.17) is 0 Å². The molecule has 2 aliphatic heterocycles. The molecule has 1 aromatic rings. The van der Waals surface area contributed by atoms with Crippen molar-refractivity contribution in [2.45, 2.75) is 6.04 Å². The Labute approximate surface area is 136 Å². The van der Waals surface area contributed by atoms with Crippen LogP contribution in [0, 0.1) is 0 Å². The summed E-state index contributed by atoms with van der Waals surface area (Å²) in [5.74, 6) is 0. The van der Waals surface area contributed by atoms with E-state index < -0.39 is 22.5 Å². The number of hydroxylamine groups is 2. The standard InChI is InChI=1S/C9H10N4O5S.Na/c14-9-12-2-1-7(6-3-10-11-4-6)8(5-12)13(9)18-19(15,16)17;/h1,3-4,8H,2,5H2,(H,10,11)(H,15,16,17);/q;+1/p-1. The zero-order valence-electron chi connectivity index (χ0n) is 10.5. The van der Waals surface area contributed by atoms with Crippen molar-refractivity contribution >= 4 is 22.0 Å². The average Bonchev–Trinajstić information content (AvgIpc) is 2.93. The number of carbonyl (C=O) groups is 1. The van der Waals surface area contributed by atoms with Gasteiger partial charge in [0.1, 0.15) is 6.04 Å². The zero-order valence-corrected chi connectivity index (χ0v) is 13.3. The number of carbonyl (C=O) groups excluding carboxylic acids is 1. The predicted molar refractivity (Wildman–Crippen MR) is 59.9 cm³/mol. The maximum Gasteiger partial charge on any atom is 1.00 e. The van der Waals surface area contributed by atoms with Crippen LogP contribution in [0.1, 0.15) is 5.56 Å². The molecule has 0 aromatic carbocycles. The molecule has 1 unspecified atom stereocenters. The molecule has 0 spiro atoms. The average molecular weight is 308 g/mol. The van der Waals surface area contributed by atoms with E-state index in [-0.39, 0.29) is 36.1 Å². The number of amides is 2. The number of hydrogen-bond acceptors (Lipinski definition) is 6. The minimum atomic E-state index is -4.99. The molecule has 1 N–H and O–H groups in total. The first-order valence-electron chi connectivity index (χ1n) is 5.38. The summed E-state index contributed by atoms with van der Waals surface area (Å²) in [7, 11) is -4.99. The van der Waals surface area contributed by atoms with Gasteiger partial charge in [-0.2, -0.15) is 14.4 Å². The van der Waals surface area contributed by atoms with Crippen LogP contribution < -0.4 is 29.6 Å². The molecule has 102 valence electrons. The fourth-order valence-corrected chi connectivity index (χ4v) is 2.62. The minimum Gasteiger partial charge on any atom is -0.724 e. The van der Waals surface area contributed by atoms with Crippen molar-refractivity contribution in [2.24, 2.45) is 0 Å². The van der Waals surface area contributed by atoms with Gasteiger partial charge in [0.05, 0.1) is 12.7 Å². The largest absolute Gasteiger partial charge is 1.00 e. The smallest absolute Gasteiger partial charge is 0.724 e. The van der Waals surface area contributed by atoms with E-state index in [1.54, 1.807) is 18.5 Å². The number of H-pyrrole nitrogens is 1. The molecule has 0 radical (unpaired) electrons. The maximum atomic E-state index is 11.8. The fraction of sp³-hybridized carbons (Fsp3) is 0.333. The molecule has 0 saturated carbocycles. The quantitative estimate of drug-likeness (QED) is 0.349.